The molecule has 7 heteroatoms. The summed E-state index contributed by atoms with van der Waals surface area (Å²) in [7, 11) is -1.35. The molecule has 1 unspecified atom stereocenters. The van der Waals surface area contributed by atoms with Gasteiger partial charge in [-0.15, -0.1) is 0 Å². The van der Waals surface area contributed by atoms with Gasteiger partial charge < -0.3 is 9.47 Å². The summed E-state index contributed by atoms with van der Waals surface area (Å²) in [4.78, 5) is -0.404. The first-order valence-corrected chi connectivity index (χ1v) is 11.2. The molecule has 3 aromatic rings. The highest BCUT2D eigenvalue weighted by molar-refractivity contribution is 7.89. The number of benzene rings is 3. The lowest BCUT2D eigenvalue weighted by Crippen LogP contribution is -2.36. The van der Waals surface area contributed by atoms with E-state index in [1.54, 1.807) is 0 Å². The van der Waals surface area contributed by atoms with E-state index in [0.717, 1.165) is 35.2 Å². The number of sulfonamides is 1. The van der Waals surface area contributed by atoms with Crippen LogP contribution in [0.1, 0.15) is 31.4 Å². The van der Waals surface area contributed by atoms with Crippen molar-refractivity contribution in [2.75, 3.05) is 14.2 Å². The summed E-state index contributed by atoms with van der Waals surface area (Å²) < 4.78 is 53.9. The van der Waals surface area contributed by atoms with E-state index in [4.69, 9.17) is 9.47 Å². The molecular formula is C23H24FNO4S. The molecule has 1 saturated carbocycles. The second-order valence-corrected chi connectivity index (χ2v) is 9.26. The van der Waals surface area contributed by atoms with E-state index in [0.29, 0.717) is 0 Å². The third kappa shape index (κ3) is 3.52. The van der Waals surface area contributed by atoms with Crippen molar-refractivity contribution in [3.63, 3.8) is 0 Å². The van der Waals surface area contributed by atoms with Crippen LogP contribution in [0.15, 0.2) is 59.5 Å². The molecule has 0 aliphatic heterocycles. The highest BCUT2D eigenvalue weighted by Crippen LogP contribution is 2.42. The number of rotatable bonds is 7. The lowest BCUT2D eigenvalue weighted by Gasteiger charge is -2.30. The van der Waals surface area contributed by atoms with Gasteiger partial charge in [-0.2, -0.15) is 4.31 Å². The van der Waals surface area contributed by atoms with Crippen molar-refractivity contribution in [3.05, 3.63) is 66.0 Å². The number of hydrogen-bond acceptors (Lipinski definition) is 4. The Morgan fingerprint density at radius 3 is 2.30 bits per heavy atom. The van der Waals surface area contributed by atoms with Crippen molar-refractivity contribution in [1.29, 1.82) is 0 Å². The Balaban J connectivity index is 1.83. The second kappa shape index (κ2) is 7.89. The van der Waals surface area contributed by atoms with Crippen LogP contribution in [0.4, 0.5) is 4.39 Å². The quantitative estimate of drug-likeness (QED) is 0.536. The first-order chi connectivity index (χ1) is 14.4. The zero-order valence-electron chi connectivity index (χ0n) is 17.1. The SMILES string of the molecule is COc1cc(F)c(S(=O)(=O)N(C2CC2)C(C)c2cccc3ccccc23)cc1OC. The Hall–Kier alpha value is -2.64. The zero-order valence-corrected chi connectivity index (χ0v) is 17.9. The van der Waals surface area contributed by atoms with E-state index in [1.165, 1.54) is 24.6 Å². The summed E-state index contributed by atoms with van der Waals surface area (Å²) in [6, 6.07) is 15.4. The van der Waals surface area contributed by atoms with Crippen molar-refractivity contribution in [2.24, 2.45) is 0 Å². The van der Waals surface area contributed by atoms with Crippen molar-refractivity contribution < 1.29 is 22.3 Å². The summed E-state index contributed by atoms with van der Waals surface area (Å²) in [6.45, 7) is 1.86. The fourth-order valence-corrected chi connectivity index (χ4v) is 5.87. The van der Waals surface area contributed by atoms with Gasteiger partial charge in [0.15, 0.2) is 11.5 Å². The molecule has 158 valence electrons. The van der Waals surface area contributed by atoms with Gasteiger partial charge in [-0.3, -0.25) is 0 Å². The topological polar surface area (TPSA) is 55.8 Å². The number of methoxy groups -OCH3 is 2. The smallest absolute Gasteiger partial charge is 0.246 e. The molecule has 0 saturated heterocycles. The van der Waals surface area contributed by atoms with Crippen molar-refractivity contribution >= 4 is 20.8 Å². The largest absolute Gasteiger partial charge is 0.493 e. The molecule has 0 radical (unpaired) electrons. The molecule has 0 spiro atoms. The van der Waals surface area contributed by atoms with E-state index in [-0.39, 0.29) is 17.5 Å². The molecule has 30 heavy (non-hydrogen) atoms. The van der Waals surface area contributed by atoms with Crippen LogP contribution in [0.2, 0.25) is 0 Å². The monoisotopic (exact) mass is 429 g/mol. The van der Waals surface area contributed by atoms with Crippen molar-refractivity contribution in [1.82, 2.24) is 4.31 Å². The van der Waals surface area contributed by atoms with Crippen LogP contribution in [-0.2, 0) is 10.0 Å². The van der Waals surface area contributed by atoms with Crippen LogP contribution in [0.25, 0.3) is 10.8 Å². The van der Waals surface area contributed by atoms with Crippen LogP contribution in [-0.4, -0.2) is 33.0 Å². The Labute approximate surface area is 176 Å². The molecule has 4 rings (SSSR count). The zero-order chi connectivity index (χ0) is 21.5. The fourth-order valence-electron chi connectivity index (χ4n) is 3.95. The third-order valence-corrected chi connectivity index (χ3v) is 7.59. The average molecular weight is 430 g/mol. The molecule has 1 fully saturated rings. The van der Waals surface area contributed by atoms with Crippen LogP contribution >= 0.6 is 0 Å². The van der Waals surface area contributed by atoms with E-state index < -0.39 is 26.8 Å². The number of halogens is 1. The van der Waals surface area contributed by atoms with Gasteiger partial charge in [0.1, 0.15) is 10.7 Å². The van der Waals surface area contributed by atoms with Crippen molar-refractivity contribution in [2.45, 2.75) is 36.7 Å². The summed E-state index contributed by atoms with van der Waals surface area (Å²) in [5.74, 6) is -0.538. The molecule has 1 atom stereocenters. The molecule has 1 aliphatic rings. The molecule has 5 nitrogen and oxygen atoms in total. The highest BCUT2D eigenvalue weighted by atomic mass is 32.2. The number of nitrogens with zero attached hydrogens (tertiary/aromatic N) is 1. The van der Waals surface area contributed by atoms with E-state index in [2.05, 4.69) is 0 Å². The molecule has 0 amide bonds. The Morgan fingerprint density at radius 1 is 1.00 bits per heavy atom. The van der Waals surface area contributed by atoms with Crippen LogP contribution < -0.4 is 9.47 Å². The summed E-state index contributed by atoms with van der Waals surface area (Å²) in [5.41, 5.74) is 0.893. The summed E-state index contributed by atoms with van der Waals surface area (Å²) in [6.07, 6.45) is 1.51. The summed E-state index contributed by atoms with van der Waals surface area (Å²) in [5, 5.41) is 2.02. The first-order valence-electron chi connectivity index (χ1n) is 9.81. The van der Waals surface area contributed by atoms with Crippen LogP contribution in [0, 0.1) is 5.82 Å². The highest BCUT2D eigenvalue weighted by Gasteiger charge is 2.43. The second-order valence-electron chi connectivity index (χ2n) is 7.45. The average Bonchev–Trinajstić information content (AvgIpc) is 3.57. The molecule has 0 aromatic heterocycles. The molecule has 0 heterocycles. The molecule has 1 aliphatic carbocycles. The first kappa shape index (κ1) is 20.6. The van der Waals surface area contributed by atoms with E-state index in [9.17, 15) is 12.8 Å². The Kier molecular flexibility index (Phi) is 5.42. The third-order valence-electron chi connectivity index (χ3n) is 5.56. The van der Waals surface area contributed by atoms with Gasteiger partial charge in [-0.1, -0.05) is 42.5 Å². The molecule has 0 bridgehead atoms. The fraction of sp³-hybridized carbons (Fsp3) is 0.304. The minimum Gasteiger partial charge on any atom is -0.493 e. The maximum Gasteiger partial charge on any atom is 0.246 e. The Morgan fingerprint density at radius 2 is 1.63 bits per heavy atom. The van der Waals surface area contributed by atoms with Crippen molar-refractivity contribution in [3.8, 4) is 11.5 Å². The predicted molar refractivity (Wildman–Crippen MR) is 114 cm³/mol. The maximum absolute atomic E-state index is 14.9. The molecule has 0 N–H and O–H groups in total. The maximum atomic E-state index is 14.9. The van der Waals surface area contributed by atoms with Gasteiger partial charge >= 0.3 is 0 Å². The van der Waals surface area contributed by atoms with Crippen LogP contribution in [0.5, 0.6) is 11.5 Å². The summed E-state index contributed by atoms with van der Waals surface area (Å²) >= 11 is 0. The van der Waals surface area contributed by atoms with Gasteiger partial charge in [0, 0.05) is 24.2 Å². The number of fused-ring (bicyclic) bond motifs is 1. The number of ether oxygens (including phenoxy) is 2. The molecular weight excluding hydrogens is 405 g/mol. The van der Waals surface area contributed by atoms with Gasteiger partial charge in [0.2, 0.25) is 10.0 Å². The van der Waals surface area contributed by atoms with Gasteiger partial charge in [-0.05, 0) is 36.1 Å². The van der Waals surface area contributed by atoms with Gasteiger partial charge in [0.25, 0.3) is 0 Å². The van der Waals surface area contributed by atoms with Gasteiger partial charge in [0.05, 0.1) is 14.2 Å². The lowest BCUT2D eigenvalue weighted by atomic mass is 9.99. The number of hydrogen-bond donors (Lipinski definition) is 0. The minimum atomic E-state index is -4.12. The van der Waals surface area contributed by atoms with Gasteiger partial charge in [-0.25, -0.2) is 12.8 Å². The molecule has 3 aromatic carbocycles. The minimum absolute atomic E-state index is 0.147. The predicted octanol–water partition coefficient (Wildman–Crippen LogP) is 4.91. The van der Waals surface area contributed by atoms with E-state index >= 15 is 0 Å². The standard InChI is InChI=1S/C23H24FNO4S/c1-15(18-10-6-8-16-7-4-5-9-19(16)18)25(17-11-12-17)30(26,27)23-14-22(29-3)21(28-2)13-20(23)24/h4-10,13-15,17H,11-12H2,1-3H3. The Bertz CT molecular complexity index is 1190. The normalized spacial score (nSPS) is 15.4. The lowest BCUT2D eigenvalue weighted by molar-refractivity contribution is 0.331. The van der Waals surface area contributed by atoms with Crippen LogP contribution in [0.3, 0.4) is 0 Å². The van der Waals surface area contributed by atoms with E-state index in [1.807, 2.05) is 49.4 Å².